The van der Waals surface area contributed by atoms with Crippen molar-refractivity contribution in [3.63, 3.8) is 0 Å². The normalized spacial score (nSPS) is 13.6. The molecule has 1 aromatic carbocycles. The molecule has 33 heavy (non-hydrogen) atoms. The molecule has 0 fully saturated rings. The van der Waals surface area contributed by atoms with Crippen LogP contribution in [0.5, 0.6) is 5.75 Å². The Balaban J connectivity index is 1.63. The number of ether oxygens (including phenoxy) is 1. The van der Waals surface area contributed by atoms with Crippen molar-refractivity contribution in [3.05, 3.63) is 38.7 Å². The minimum Gasteiger partial charge on any atom is -0.493 e. The van der Waals surface area contributed by atoms with E-state index in [1.807, 2.05) is 19.9 Å². The summed E-state index contributed by atoms with van der Waals surface area (Å²) in [6, 6.07) is 4.11. The van der Waals surface area contributed by atoms with Crippen molar-refractivity contribution >= 4 is 49.6 Å². The average Bonchev–Trinajstić information content (AvgIpc) is 3.31. The average molecular weight is 588 g/mol. The summed E-state index contributed by atoms with van der Waals surface area (Å²) in [4.78, 5) is 12.1. The molecule has 0 radical (unpaired) electrons. The second-order valence-electron chi connectivity index (χ2n) is 8.47. The molecule has 3 aromatic rings. The highest BCUT2D eigenvalue weighted by molar-refractivity contribution is 14.1. The fourth-order valence-corrected chi connectivity index (χ4v) is 5.69. The zero-order chi connectivity index (χ0) is 23.8. The van der Waals surface area contributed by atoms with Crippen molar-refractivity contribution in [1.82, 2.24) is 24.2 Å². The van der Waals surface area contributed by atoms with Crippen molar-refractivity contribution in [3.8, 4) is 5.75 Å². The van der Waals surface area contributed by atoms with Gasteiger partial charge in [-0.1, -0.05) is 13.8 Å². The summed E-state index contributed by atoms with van der Waals surface area (Å²) in [5.41, 5.74) is 8.65. The van der Waals surface area contributed by atoms with E-state index < -0.39 is 16.1 Å². The number of nitrogens with zero attached hydrogens (tertiary/aromatic N) is 4. The van der Waals surface area contributed by atoms with Gasteiger partial charge in [-0.2, -0.15) is 14.4 Å². The van der Waals surface area contributed by atoms with E-state index >= 15 is 0 Å². The highest BCUT2D eigenvalue weighted by Crippen LogP contribution is 2.31. The molecule has 0 amide bonds. The van der Waals surface area contributed by atoms with Gasteiger partial charge in [0.15, 0.2) is 17.0 Å². The maximum Gasteiger partial charge on any atom is 0.312 e. The minimum absolute atomic E-state index is 0.0456. The van der Waals surface area contributed by atoms with Crippen LogP contribution in [0.2, 0.25) is 0 Å². The molecule has 0 saturated heterocycles. The van der Waals surface area contributed by atoms with E-state index in [2.05, 4.69) is 48.3 Å². The van der Waals surface area contributed by atoms with E-state index in [4.69, 9.17) is 10.5 Å². The molecule has 178 valence electrons. The van der Waals surface area contributed by atoms with Crippen LogP contribution >= 0.6 is 22.6 Å². The first-order chi connectivity index (χ1) is 15.6. The van der Waals surface area contributed by atoms with Gasteiger partial charge in [0.25, 0.3) is 0 Å². The summed E-state index contributed by atoms with van der Waals surface area (Å²) in [6.45, 7) is 5.22. The first-order valence-corrected chi connectivity index (χ1v) is 13.5. The number of anilines is 1. The molecule has 0 unspecified atom stereocenters. The van der Waals surface area contributed by atoms with Crippen LogP contribution in [-0.2, 0) is 29.4 Å². The van der Waals surface area contributed by atoms with Crippen molar-refractivity contribution in [1.29, 1.82) is 0 Å². The van der Waals surface area contributed by atoms with Crippen molar-refractivity contribution in [2.45, 2.75) is 39.7 Å². The van der Waals surface area contributed by atoms with Crippen LogP contribution in [0.1, 0.15) is 37.2 Å². The number of aromatic nitrogens is 4. The number of sulfonamides is 1. The highest BCUT2D eigenvalue weighted by Gasteiger charge is 2.21. The smallest absolute Gasteiger partial charge is 0.312 e. The Morgan fingerprint density at radius 3 is 2.85 bits per heavy atom. The maximum atomic E-state index is 13.9. The molecule has 0 atom stereocenters. The van der Waals surface area contributed by atoms with Crippen LogP contribution in [0.25, 0.3) is 11.2 Å². The van der Waals surface area contributed by atoms with E-state index in [-0.39, 0.29) is 23.1 Å². The lowest BCUT2D eigenvalue weighted by molar-refractivity contribution is 0.356. The van der Waals surface area contributed by atoms with Gasteiger partial charge in [-0.3, -0.25) is 0 Å². The molecule has 1 aliphatic heterocycles. The van der Waals surface area contributed by atoms with Crippen LogP contribution in [0.4, 0.5) is 10.2 Å². The quantitative estimate of drug-likeness (QED) is 0.291. The second-order valence-corrected chi connectivity index (χ2v) is 11.6. The van der Waals surface area contributed by atoms with Gasteiger partial charge in [0.1, 0.15) is 11.6 Å². The molecule has 0 spiro atoms. The van der Waals surface area contributed by atoms with Crippen LogP contribution in [-0.4, -0.2) is 46.8 Å². The minimum atomic E-state index is -3.42. The zero-order valence-electron chi connectivity index (χ0n) is 18.4. The number of nitrogens with one attached hydrogen (secondary N) is 1. The molecule has 0 saturated carbocycles. The monoisotopic (exact) mass is 588 g/mol. The van der Waals surface area contributed by atoms with Crippen molar-refractivity contribution in [2.24, 2.45) is 5.92 Å². The summed E-state index contributed by atoms with van der Waals surface area (Å²) < 4.78 is 49.7. The molecule has 1 aliphatic rings. The largest absolute Gasteiger partial charge is 0.493 e. The van der Waals surface area contributed by atoms with Gasteiger partial charge in [-0.05, 0) is 58.2 Å². The van der Waals surface area contributed by atoms with E-state index in [0.29, 0.717) is 43.9 Å². The number of fused-ring (bicyclic) bond motifs is 2. The fourth-order valence-electron chi connectivity index (χ4n) is 3.73. The van der Waals surface area contributed by atoms with E-state index in [1.54, 1.807) is 4.57 Å². The van der Waals surface area contributed by atoms with Gasteiger partial charge in [0, 0.05) is 29.5 Å². The number of hydrogen-bond acceptors (Lipinski definition) is 7. The number of hydrogen-bond donors (Lipinski definition) is 2. The third-order valence-electron chi connectivity index (χ3n) is 5.39. The predicted octanol–water partition coefficient (Wildman–Crippen LogP) is 2.64. The molecule has 9 nitrogen and oxygen atoms in total. The van der Waals surface area contributed by atoms with Crippen molar-refractivity contribution in [2.75, 3.05) is 24.6 Å². The number of benzene rings is 1. The fraction of sp³-hybridized carbons (Fsp3) is 0.476. The summed E-state index contributed by atoms with van der Waals surface area (Å²) in [5.74, 6) is 1.58. The van der Waals surface area contributed by atoms with Crippen LogP contribution in [0.15, 0.2) is 12.1 Å². The van der Waals surface area contributed by atoms with Gasteiger partial charge in [0.05, 0.1) is 12.4 Å². The Hall–Kier alpha value is -2.06. The molecule has 3 N–H and O–H groups in total. The SMILES string of the molecule is CC(C)CNS(=O)(=O)CCCn1c(Cc2cc3c(cc2I)CCO3)nc2c(N)nc(F)nc21. The molecular formula is C21H26FIN6O3S. The van der Waals surface area contributed by atoms with E-state index in [1.165, 1.54) is 5.56 Å². The standard InChI is InChI=1S/C21H26FIN6O3S/c1-12(2)11-25-33(30,31)7-3-5-29-17(26-18-19(24)27-21(22)28-20(18)29)10-14-9-16-13(4-6-32-16)8-15(14)23/h8-9,12,25H,3-7,10-11H2,1-2H3,(H2,24,27,28). The number of nitrogens with two attached hydrogens (primary N) is 1. The Bertz CT molecular complexity index is 1300. The van der Waals surface area contributed by atoms with Crippen LogP contribution in [0, 0.1) is 15.6 Å². The molecule has 0 bridgehead atoms. The summed E-state index contributed by atoms with van der Waals surface area (Å²) in [7, 11) is -3.42. The maximum absolute atomic E-state index is 13.9. The van der Waals surface area contributed by atoms with Crippen LogP contribution < -0.4 is 15.2 Å². The van der Waals surface area contributed by atoms with E-state index in [0.717, 1.165) is 21.3 Å². The van der Waals surface area contributed by atoms with Gasteiger partial charge in [0.2, 0.25) is 10.0 Å². The van der Waals surface area contributed by atoms with Gasteiger partial charge in [-0.15, -0.1) is 0 Å². The summed E-state index contributed by atoms with van der Waals surface area (Å²) in [5, 5.41) is 0. The number of rotatable bonds is 9. The lowest BCUT2D eigenvalue weighted by Gasteiger charge is -2.12. The van der Waals surface area contributed by atoms with Crippen LogP contribution in [0.3, 0.4) is 0 Å². The lowest BCUT2D eigenvalue weighted by atomic mass is 10.1. The third kappa shape index (κ3) is 5.54. The molecule has 4 rings (SSSR count). The number of imidazole rings is 1. The summed E-state index contributed by atoms with van der Waals surface area (Å²) in [6.07, 6.45) is 0.681. The van der Waals surface area contributed by atoms with Crippen molar-refractivity contribution < 1.29 is 17.5 Å². The second kappa shape index (κ2) is 9.66. The van der Waals surface area contributed by atoms with Gasteiger partial charge < -0.3 is 15.0 Å². The topological polar surface area (TPSA) is 125 Å². The molecule has 12 heteroatoms. The molecular weight excluding hydrogens is 562 g/mol. The molecule has 2 aromatic heterocycles. The summed E-state index contributed by atoms with van der Waals surface area (Å²) >= 11 is 2.28. The first-order valence-electron chi connectivity index (χ1n) is 10.7. The van der Waals surface area contributed by atoms with Gasteiger partial charge >= 0.3 is 6.08 Å². The molecule has 0 aliphatic carbocycles. The highest BCUT2D eigenvalue weighted by atomic mass is 127. The number of halogens is 2. The number of aryl methyl sites for hydroxylation is 1. The Labute approximate surface area is 205 Å². The van der Waals surface area contributed by atoms with Gasteiger partial charge in [-0.25, -0.2) is 18.1 Å². The Morgan fingerprint density at radius 2 is 2.09 bits per heavy atom. The Morgan fingerprint density at radius 1 is 1.30 bits per heavy atom. The zero-order valence-corrected chi connectivity index (χ0v) is 21.4. The predicted molar refractivity (Wildman–Crippen MR) is 132 cm³/mol. The first kappa shape index (κ1) is 24.1. The number of nitrogen functional groups attached to an aromatic ring is 1. The van der Waals surface area contributed by atoms with E-state index in [9.17, 15) is 12.8 Å². The lowest BCUT2D eigenvalue weighted by Crippen LogP contribution is -2.30. The Kier molecular flexibility index (Phi) is 7.05. The third-order valence-corrected chi connectivity index (χ3v) is 7.82. The molecule has 3 heterocycles.